The Morgan fingerprint density at radius 1 is 1.26 bits per heavy atom. The molecule has 2 nitrogen and oxygen atoms in total. The topological polar surface area (TPSA) is 29.5 Å². The second-order valence-electron chi connectivity index (χ2n) is 6.95. The van der Waals surface area contributed by atoms with E-state index < -0.39 is 6.10 Å². The minimum Gasteiger partial charge on any atom is -0.493 e. The predicted octanol–water partition coefficient (Wildman–Crippen LogP) is 3.99. The van der Waals surface area contributed by atoms with Crippen LogP contribution in [0.3, 0.4) is 0 Å². The Labute approximate surface area is 119 Å². The normalized spacial score (nSPS) is 24.7. The molecular formula is C16H21ClO2. The van der Waals surface area contributed by atoms with Crippen LogP contribution in [-0.4, -0.2) is 11.7 Å². The lowest BCUT2D eigenvalue weighted by molar-refractivity contribution is 0.127. The Hall–Kier alpha value is -0.730. The molecule has 1 heterocycles. The van der Waals surface area contributed by atoms with E-state index in [1.54, 1.807) is 0 Å². The molecule has 3 rings (SSSR count). The molecular weight excluding hydrogens is 260 g/mol. The molecule has 1 saturated carbocycles. The second kappa shape index (κ2) is 3.89. The van der Waals surface area contributed by atoms with Crippen LogP contribution in [0.1, 0.15) is 44.9 Å². The second-order valence-corrected chi connectivity index (χ2v) is 7.38. The van der Waals surface area contributed by atoms with Crippen molar-refractivity contribution in [3.63, 3.8) is 0 Å². The van der Waals surface area contributed by atoms with Gasteiger partial charge in [0.25, 0.3) is 0 Å². The number of benzene rings is 1. The maximum absolute atomic E-state index is 10.8. The number of aliphatic hydroxyl groups is 1. The zero-order valence-electron chi connectivity index (χ0n) is 12.0. The molecule has 1 aliphatic heterocycles. The molecule has 104 valence electrons. The van der Waals surface area contributed by atoms with Crippen LogP contribution < -0.4 is 4.74 Å². The molecule has 0 aromatic heterocycles. The van der Waals surface area contributed by atoms with E-state index in [4.69, 9.17) is 16.3 Å². The smallest absolute Gasteiger partial charge is 0.128 e. The zero-order valence-corrected chi connectivity index (χ0v) is 12.7. The van der Waals surface area contributed by atoms with Crippen LogP contribution in [0.15, 0.2) is 12.1 Å². The van der Waals surface area contributed by atoms with Crippen molar-refractivity contribution in [2.45, 2.75) is 40.2 Å². The largest absolute Gasteiger partial charge is 0.493 e. The van der Waals surface area contributed by atoms with Gasteiger partial charge in [-0.05, 0) is 28.5 Å². The van der Waals surface area contributed by atoms with Gasteiger partial charge < -0.3 is 9.84 Å². The van der Waals surface area contributed by atoms with Crippen LogP contribution in [-0.2, 0) is 6.42 Å². The summed E-state index contributed by atoms with van der Waals surface area (Å²) in [5.41, 5.74) is 2.27. The zero-order chi connectivity index (χ0) is 14.0. The summed E-state index contributed by atoms with van der Waals surface area (Å²) in [6, 6.07) is 3.81. The van der Waals surface area contributed by atoms with Crippen molar-refractivity contribution in [2.24, 2.45) is 16.7 Å². The van der Waals surface area contributed by atoms with E-state index >= 15 is 0 Å². The number of ether oxygens (including phenoxy) is 1. The monoisotopic (exact) mass is 280 g/mol. The average molecular weight is 281 g/mol. The Kier molecular flexibility index (Phi) is 2.72. The summed E-state index contributed by atoms with van der Waals surface area (Å²) < 4.78 is 5.70. The molecule has 1 unspecified atom stereocenters. The maximum atomic E-state index is 10.8. The quantitative estimate of drug-likeness (QED) is 0.888. The Bertz CT molecular complexity index is 520. The van der Waals surface area contributed by atoms with Crippen LogP contribution in [0.5, 0.6) is 5.75 Å². The minimum atomic E-state index is -0.504. The van der Waals surface area contributed by atoms with Gasteiger partial charge in [-0.2, -0.15) is 0 Å². The molecule has 2 aliphatic rings. The van der Waals surface area contributed by atoms with Gasteiger partial charge in [0.05, 0.1) is 12.7 Å². The van der Waals surface area contributed by atoms with Crippen LogP contribution in [0.25, 0.3) is 0 Å². The first-order chi connectivity index (χ1) is 8.76. The van der Waals surface area contributed by atoms with Crippen LogP contribution in [0, 0.1) is 16.7 Å². The fourth-order valence-electron chi connectivity index (χ4n) is 3.73. The molecule has 0 saturated heterocycles. The van der Waals surface area contributed by atoms with Crippen molar-refractivity contribution in [3.05, 3.63) is 28.3 Å². The minimum absolute atomic E-state index is 0.139. The lowest BCUT2D eigenvalue weighted by Gasteiger charge is -2.17. The molecule has 19 heavy (non-hydrogen) atoms. The van der Waals surface area contributed by atoms with E-state index in [9.17, 15) is 5.11 Å². The SMILES string of the molecule is CC1(C)C(C(O)c2cc(Cl)cc3c2OCC3)C1(C)C. The van der Waals surface area contributed by atoms with Crippen molar-refractivity contribution in [2.75, 3.05) is 6.61 Å². The first kappa shape index (κ1) is 13.3. The van der Waals surface area contributed by atoms with E-state index in [1.165, 1.54) is 0 Å². The van der Waals surface area contributed by atoms with Gasteiger partial charge in [0.2, 0.25) is 0 Å². The number of fused-ring (bicyclic) bond motifs is 1. The number of hydrogen-bond donors (Lipinski definition) is 1. The van der Waals surface area contributed by atoms with Crippen LogP contribution in [0.2, 0.25) is 5.02 Å². The highest BCUT2D eigenvalue weighted by atomic mass is 35.5. The number of hydrogen-bond acceptors (Lipinski definition) is 2. The molecule has 1 aromatic carbocycles. The lowest BCUT2D eigenvalue weighted by Crippen LogP contribution is -2.07. The molecule has 0 bridgehead atoms. The third-order valence-electron chi connectivity index (χ3n) is 5.54. The van der Waals surface area contributed by atoms with E-state index in [1.807, 2.05) is 12.1 Å². The Morgan fingerprint density at radius 3 is 2.47 bits per heavy atom. The van der Waals surface area contributed by atoms with E-state index in [2.05, 4.69) is 27.7 Å². The summed E-state index contributed by atoms with van der Waals surface area (Å²) in [5, 5.41) is 11.5. The third-order valence-corrected chi connectivity index (χ3v) is 5.76. The summed E-state index contributed by atoms with van der Waals surface area (Å²) in [7, 11) is 0. The summed E-state index contributed by atoms with van der Waals surface area (Å²) in [6.45, 7) is 9.55. The molecule has 1 N–H and O–H groups in total. The van der Waals surface area contributed by atoms with Gasteiger partial charge >= 0.3 is 0 Å². The summed E-state index contributed by atoms with van der Waals surface area (Å²) in [4.78, 5) is 0. The first-order valence-electron chi connectivity index (χ1n) is 6.90. The van der Waals surface area contributed by atoms with Gasteiger partial charge in [0, 0.05) is 22.9 Å². The molecule has 0 spiro atoms. The molecule has 1 fully saturated rings. The highest BCUT2D eigenvalue weighted by Crippen LogP contribution is 2.72. The van der Waals surface area contributed by atoms with Gasteiger partial charge in [-0.3, -0.25) is 0 Å². The average Bonchev–Trinajstić information content (AvgIpc) is 2.68. The van der Waals surface area contributed by atoms with Gasteiger partial charge in [-0.1, -0.05) is 39.3 Å². The summed E-state index contributed by atoms with van der Waals surface area (Å²) in [6.07, 6.45) is 0.378. The predicted molar refractivity (Wildman–Crippen MR) is 76.7 cm³/mol. The van der Waals surface area contributed by atoms with Gasteiger partial charge in [0.1, 0.15) is 5.75 Å². The summed E-state index contributed by atoms with van der Waals surface area (Å²) in [5.74, 6) is 1.10. The third kappa shape index (κ3) is 1.73. The van der Waals surface area contributed by atoms with Gasteiger partial charge in [0.15, 0.2) is 0 Å². The van der Waals surface area contributed by atoms with Crippen LogP contribution >= 0.6 is 11.6 Å². The summed E-state index contributed by atoms with van der Waals surface area (Å²) >= 11 is 6.17. The molecule has 1 aliphatic carbocycles. The fraction of sp³-hybridized carbons (Fsp3) is 0.625. The van der Waals surface area contributed by atoms with Crippen molar-refractivity contribution >= 4 is 11.6 Å². The van der Waals surface area contributed by atoms with Crippen LogP contribution in [0.4, 0.5) is 0 Å². The van der Waals surface area contributed by atoms with Crippen molar-refractivity contribution in [1.82, 2.24) is 0 Å². The number of aliphatic hydroxyl groups excluding tert-OH is 1. The van der Waals surface area contributed by atoms with Crippen molar-refractivity contribution in [3.8, 4) is 5.75 Å². The number of halogens is 1. The highest BCUT2D eigenvalue weighted by Gasteiger charge is 2.67. The lowest BCUT2D eigenvalue weighted by atomic mass is 9.96. The van der Waals surface area contributed by atoms with Gasteiger partial charge in [-0.15, -0.1) is 0 Å². The van der Waals surface area contributed by atoms with E-state index in [0.29, 0.717) is 11.6 Å². The highest BCUT2D eigenvalue weighted by molar-refractivity contribution is 6.30. The van der Waals surface area contributed by atoms with Crippen molar-refractivity contribution < 1.29 is 9.84 Å². The Morgan fingerprint density at radius 2 is 1.89 bits per heavy atom. The molecule has 3 heteroatoms. The number of rotatable bonds is 2. The van der Waals surface area contributed by atoms with Crippen molar-refractivity contribution in [1.29, 1.82) is 0 Å². The fourth-order valence-corrected chi connectivity index (χ4v) is 3.98. The standard InChI is InChI=1S/C16H21ClO2/c1-15(2)14(16(15,3)4)12(18)11-8-10(17)7-9-5-6-19-13(9)11/h7-8,12,14,18H,5-6H2,1-4H3. The first-order valence-corrected chi connectivity index (χ1v) is 7.28. The van der Waals surface area contributed by atoms with E-state index in [-0.39, 0.29) is 16.7 Å². The molecule has 1 atom stereocenters. The molecule has 1 aromatic rings. The molecule has 0 amide bonds. The van der Waals surface area contributed by atoms with E-state index in [0.717, 1.165) is 23.3 Å². The van der Waals surface area contributed by atoms with Gasteiger partial charge in [-0.25, -0.2) is 0 Å². The maximum Gasteiger partial charge on any atom is 0.128 e. The Balaban J connectivity index is 2.00. The molecule has 0 radical (unpaired) electrons.